The molecule has 0 radical (unpaired) electrons. The molecule has 0 aliphatic carbocycles. The number of ether oxygens (including phenoxy) is 1. The molecule has 126 valence electrons. The minimum Gasteiger partial charge on any atom is -0.453 e. The lowest BCUT2D eigenvalue weighted by atomic mass is 10.1. The van der Waals surface area contributed by atoms with Crippen LogP contribution in [-0.4, -0.2) is 30.5 Å². The Morgan fingerprint density at radius 3 is 2.58 bits per heavy atom. The van der Waals surface area contributed by atoms with Crippen LogP contribution < -0.4 is 5.32 Å². The lowest BCUT2D eigenvalue weighted by Gasteiger charge is -2.10. The summed E-state index contributed by atoms with van der Waals surface area (Å²) >= 11 is 2.75. The topological polar surface area (TPSA) is 72.5 Å². The van der Waals surface area contributed by atoms with Crippen LogP contribution in [0.15, 0.2) is 34.5 Å². The van der Waals surface area contributed by atoms with Crippen molar-refractivity contribution < 1.29 is 19.1 Å². The zero-order valence-electron chi connectivity index (χ0n) is 13.5. The van der Waals surface area contributed by atoms with E-state index in [1.54, 1.807) is 23.6 Å². The molecular weight excluding hydrogens is 346 g/mol. The van der Waals surface area contributed by atoms with Crippen LogP contribution in [0.4, 0.5) is 5.69 Å². The first-order valence-electron chi connectivity index (χ1n) is 7.12. The number of carbonyl (C=O) groups is 3. The molecule has 0 fully saturated rings. The van der Waals surface area contributed by atoms with Crippen LogP contribution in [0.3, 0.4) is 0 Å². The third-order valence-electron chi connectivity index (χ3n) is 3.21. The molecule has 1 N–H and O–H groups in total. The number of aryl methyl sites for hydroxylation is 1. The van der Waals surface area contributed by atoms with Crippen molar-refractivity contribution in [3.8, 4) is 0 Å². The van der Waals surface area contributed by atoms with Gasteiger partial charge in [0.25, 0.3) is 0 Å². The fraction of sp³-hybridized carbons (Fsp3) is 0.235. The summed E-state index contributed by atoms with van der Waals surface area (Å²) in [6.07, 6.45) is 1.88. The average Bonchev–Trinajstić information content (AvgIpc) is 2.97. The largest absolute Gasteiger partial charge is 0.453 e. The van der Waals surface area contributed by atoms with Crippen LogP contribution >= 0.6 is 23.1 Å². The van der Waals surface area contributed by atoms with Crippen molar-refractivity contribution in [2.45, 2.75) is 18.7 Å². The van der Waals surface area contributed by atoms with Gasteiger partial charge in [0.2, 0.25) is 5.91 Å². The van der Waals surface area contributed by atoms with Gasteiger partial charge in [-0.2, -0.15) is 0 Å². The van der Waals surface area contributed by atoms with Gasteiger partial charge in [0.05, 0.1) is 5.69 Å². The highest BCUT2D eigenvalue weighted by Crippen LogP contribution is 2.27. The van der Waals surface area contributed by atoms with Crippen LogP contribution in [0.5, 0.6) is 0 Å². The molecule has 1 amide bonds. The minimum absolute atomic E-state index is 0.213. The Morgan fingerprint density at radius 1 is 1.25 bits per heavy atom. The maximum absolute atomic E-state index is 12.2. The second-order valence-corrected chi connectivity index (χ2v) is 6.79. The number of esters is 1. The Hall–Kier alpha value is -2.12. The van der Waals surface area contributed by atoms with Crippen molar-refractivity contribution >= 4 is 46.4 Å². The summed E-state index contributed by atoms with van der Waals surface area (Å²) in [6.45, 7) is 2.88. The molecule has 5 nitrogen and oxygen atoms in total. The molecule has 0 saturated carbocycles. The lowest BCUT2D eigenvalue weighted by molar-refractivity contribution is -0.114. The number of amides is 1. The number of Topliss-reactive ketones (excluding diaryl/α,β-unsaturated/α-hetero) is 1. The van der Waals surface area contributed by atoms with Crippen molar-refractivity contribution in [1.82, 2.24) is 0 Å². The summed E-state index contributed by atoms with van der Waals surface area (Å²) in [5.74, 6) is -1.04. The summed E-state index contributed by atoms with van der Waals surface area (Å²) < 4.78 is 5.09. The van der Waals surface area contributed by atoms with Crippen molar-refractivity contribution in [2.75, 3.05) is 18.2 Å². The van der Waals surface area contributed by atoms with Gasteiger partial charge in [-0.1, -0.05) is 6.07 Å². The van der Waals surface area contributed by atoms with E-state index in [9.17, 15) is 14.4 Å². The Kier molecular flexibility index (Phi) is 6.16. The van der Waals surface area contributed by atoms with Gasteiger partial charge in [-0.15, -0.1) is 23.1 Å². The summed E-state index contributed by atoms with van der Waals surface area (Å²) in [4.78, 5) is 36.8. The molecule has 0 unspecified atom stereocenters. The molecule has 0 saturated heterocycles. The number of hydrogen-bond donors (Lipinski definition) is 1. The highest BCUT2D eigenvalue weighted by molar-refractivity contribution is 7.98. The average molecular weight is 363 g/mol. The van der Waals surface area contributed by atoms with E-state index in [4.69, 9.17) is 4.74 Å². The predicted octanol–water partition coefficient (Wildman–Crippen LogP) is 3.78. The van der Waals surface area contributed by atoms with Crippen molar-refractivity contribution in [1.29, 1.82) is 0 Å². The normalized spacial score (nSPS) is 10.3. The molecule has 1 aromatic heterocycles. The number of thioether (sulfide) groups is 1. The van der Waals surface area contributed by atoms with Crippen LogP contribution in [0.1, 0.15) is 32.5 Å². The second-order valence-electron chi connectivity index (χ2n) is 5.03. The summed E-state index contributed by atoms with van der Waals surface area (Å²) in [7, 11) is 0. The number of anilines is 1. The highest BCUT2D eigenvalue weighted by Gasteiger charge is 2.16. The molecule has 0 atom stereocenters. The van der Waals surface area contributed by atoms with Crippen molar-refractivity contribution in [3.05, 3.63) is 45.6 Å². The first-order valence-corrected chi connectivity index (χ1v) is 9.23. The summed E-state index contributed by atoms with van der Waals surface area (Å²) in [5, 5.41) is 4.50. The first-order chi connectivity index (χ1) is 11.4. The zero-order chi connectivity index (χ0) is 17.7. The van der Waals surface area contributed by atoms with E-state index in [0.29, 0.717) is 16.1 Å². The van der Waals surface area contributed by atoms with Gasteiger partial charge < -0.3 is 10.1 Å². The van der Waals surface area contributed by atoms with E-state index in [2.05, 4.69) is 5.32 Å². The van der Waals surface area contributed by atoms with E-state index in [1.165, 1.54) is 30.0 Å². The monoisotopic (exact) mass is 363 g/mol. The fourth-order valence-corrected chi connectivity index (χ4v) is 3.38. The number of thiophene rings is 1. The van der Waals surface area contributed by atoms with Crippen LogP contribution in [0.25, 0.3) is 0 Å². The summed E-state index contributed by atoms with van der Waals surface area (Å²) in [6, 6.07) is 6.84. The molecule has 2 rings (SSSR count). The maximum Gasteiger partial charge on any atom is 0.349 e. The Balaban J connectivity index is 2.08. The molecule has 0 bridgehead atoms. The maximum atomic E-state index is 12.2. The molecule has 24 heavy (non-hydrogen) atoms. The molecule has 7 heteroatoms. The Morgan fingerprint density at radius 2 is 2.00 bits per heavy atom. The molecule has 2 aromatic rings. The summed E-state index contributed by atoms with van der Waals surface area (Å²) in [5.41, 5.74) is 1.78. The molecule has 0 spiro atoms. The standard InChI is InChI=1S/C17H17NO4S2/c1-10-6-7-24-16(10)17(21)22-9-14(20)12-4-5-15(23-3)13(8-12)18-11(2)19/h4-8H,9H2,1-3H3,(H,18,19). The van der Waals surface area contributed by atoms with Gasteiger partial charge in [-0.25, -0.2) is 4.79 Å². The number of carbonyl (C=O) groups excluding carboxylic acids is 3. The molecule has 1 aromatic carbocycles. The molecule has 0 aliphatic heterocycles. The first kappa shape index (κ1) is 18.2. The van der Waals surface area contributed by atoms with Gasteiger partial charge in [0.1, 0.15) is 4.88 Å². The van der Waals surface area contributed by atoms with Crippen LogP contribution in [0, 0.1) is 6.92 Å². The third-order valence-corrected chi connectivity index (χ3v) is 5.01. The van der Waals surface area contributed by atoms with Gasteiger partial charge in [0.15, 0.2) is 12.4 Å². The Labute approximate surface area is 148 Å². The van der Waals surface area contributed by atoms with E-state index >= 15 is 0 Å². The van der Waals surface area contributed by atoms with Gasteiger partial charge in [-0.05, 0) is 42.3 Å². The van der Waals surface area contributed by atoms with Crippen LogP contribution in [-0.2, 0) is 9.53 Å². The second kappa shape index (κ2) is 8.12. The van der Waals surface area contributed by atoms with E-state index < -0.39 is 5.97 Å². The van der Waals surface area contributed by atoms with E-state index in [1.807, 2.05) is 19.2 Å². The van der Waals surface area contributed by atoms with E-state index in [-0.39, 0.29) is 18.3 Å². The lowest BCUT2D eigenvalue weighted by Crippen LogP contribution is -2.15. The number of rotatable bonds is 6. The smallest absolute Gasteiger partial charge is 0.349 e. The predicted molar refractivity (Wildman–Crippen MR) is 96.2 cm³/mol. The zero-order valence-corrected chi connectivity index (χ0v) is 15.2. The number of nitrogens with one attached hydrogen (secondary N) is 1. The molecule has 1 heterocycles. The van der Waals surface area contributed by atoms with E-state index in [0.717, 1.165) is 10.5 Å². The third kappa shape index (κ3) is 4.46. The van der Waals surface area contributed by atoms with Gasteiger partial charge >= 0.3 is 5.97 Å². The Bertz CT molecular complexity index is 783. The molecule has 0 aliphatic rings. The van der Waals surface area contributed by atoms with Crippen molar-refractivity contribution in [2.24, 2.45) is 0 Å². The van der Waals surface area contributed by atoms with Gasteiger partial charge in [-0.3, -0.25) is 9.59 Å². The molecular formula is C17H17NO4S2. The highest BCUT2D eigenvalue weighted by atomic mass is 32.2. The fourth-order valence-electron chi connectivity index (χ4n) is 2.03. The quantitative estimate of drug-likeness (QED) is 0.480. The van der Waals surface area contributed by atoms with Crippen molar-refractivity contribution in [3.63, 3.8) is 0 Å². The minimum atomic E-state index is -0.501. The SMILES string of the molecule is CSc1ccc(C(=O)COC(=O)c2sccc2C)cc1NC(C)=O. The number of hydrogen-bond acceptors (Lipinski definition) is 6. The van der Waals surface area contributed by atoms with Crippen LogP contribution in [0.2, 0.25) is 0 Å². The number of benzene rings is 1. The van der Waals surface area contributed by atoms with Gasteiger partial charge in [0, 0.05) is 17.4 Å². The number of ketones is 1.